The molecule has 8 nitrogen and oxygen atoms in total. The zero-order valence-electron chi connectivity index (χ0n) is 12.8. The second-order valence-electron chi connectivity index (χ2n) is 5.73. The maximum atomic E-state index is 11.9. The summed E-state index contributed by atoms with van der Waals surface area (Å²) in [6.07, 6.45) is -0.575. The van der Waals surface area contributed by atoms with Gasteiger partial charge in [-0.3, -0.25) is 10.1 Å². The summed E-state index contributed by atoms with van der Waals surface area (Å²) in [4.78, 5) is 27.1. The second kappa shape index (κ2) is 6.68. The first kappa shape index (κ1) is 17.1. The standard InChI is InChI=1S/C13H21N3O5/c1-13(2,3)6-9(17)15-11-14-8(10(20-4)21-5)7-16(11)12(18)19/h7,10H,6H2,1-5H3,(H,18,19)(H,14,15,17). The van der Waals surface area contributed by atoms with Crippen LogP contribution in [0, 0.1) is 5.41 Å². The van der Waals surface area contributed by atoms with Crippen molar-refractivity contribution in [3.8, 4) is 0 Å². The van der Waals surface area contributed by atoms with Crippen molar-refractivity contribution in [1.82, 2.24) is 9.55 Å². The summed E-state index contributed by atoms with van der Waals surface area (Å²) in [5.74, 6) is -0.389. The molecule has 0 atom stereocenters. The van der Waals surface area contributed by atoms with E-state index in [0.717, 1.165) is 4.57 Å². The van der Waals surface area contributed by atoms with E-state index < -0.39 is 12.4 Å². The fraction of sp³-hybridized carbons (Fsp3) is 0.615. The molecule has 0 aliphatic heterocycles. The molecule has 118 valence electrons. The van der Waals surface area contributed by atoms with Crippen LogP contribution in [-0.2, 0) is 14.3 Å². The molecule has 1 rings (SSSR count). The summed E-state index contributed by atoms with van der Waals surface area (Å²) in [6, 6.07) is 0. The summed E-state index contributed by atoms with van der Waals surface area (Å²) < 4.78 is 10.9. The Kier molecular flexibility index (Phi) is 5.45. The highest BCUT2D eigenvalue weighted by Gasteiger charge is 2.22. The van der Waals surface area contributed by atoms with Crippen molar-refractivity contribution < 1.29 is 24.2 Å². The van der Waals surface area contributed by atoms with Crippen LogP contribution in [0.2, 0.25) is 0 Å². The van der Waals surface area contributed by atoms with E-state index in [1.54, 1.807) is 0 Å². The highest BCUT2D eigenvalue weighted by molar-refractivity contribution is 5.91. The molecule has 1 aromatic heterocycles. The molecule has 1 heterocycles. The monoisotopic (exact) mass is 299 g/mol. The molecule has 2 N–H and O–H groups in total. The van der Waals surface area contributed by atoms with Gasteiger partial charge in [0, 0.05) is 26.8 Å². The van der Waals surface area contributed by atoms with Gasteiger partial charge >= 0.3 is 6.09 Å². The molecule has 0 unspecified atom stereocenters. The van der Waals surface area contributed by atoms with Gasteiger partial charge in [-0.25, -0.2) is 14.3 Å². The molecule has 8 heteroatoms. The Bertz CT molecular complexity index is 514. The van der Waals surface area contributed by atoms with E-state index in [0.29, 0.717) is 0 Å². The number of carbonyl (C=O) groups is 2. The van der Waals surface area contributed by atoms with Crippen molar-refractivity contribution >= 4 is 17.9 Å². The van der Waals surface area contributed by atoms with Crippen molar-refractivity contribution in [2.45, 2.75) is 33.5 Å². The number of carbonyl (C=O) groups excluding carboxylic acids is 1. The van der Waals surface area contributed by atoms with Crippen molar-refractivity contribution in [2.75, 3.05) is 19.5 Å². The molecular formula is C13H21N3O5. The molecule has 0 bridgehead atoms. The van der Waals surface area contributed by atoms with Gasteiger partial charge in [0.1, 0.15) is 5.69 Å². The Morgan fingerprint density at radius 3 is 2.38 bits per heavy atom. The third-order valence-corrected chi connectivity index (χ3v) is 2.54. The minimum absolute atomic E-state index is 0.0779. The van der Waals surface area contributed by atoms with E-state index in [4.69, 9.17) is 14.6 Å². The Morgan fingerprint density at radius 1 is 1.38 bits per heavy atom. The Balaban J connectivity index is 3.00. The zero-order chi connectivity index (χ0) is 16.2. The Hall–Kier alpha value is -1.93. The van der Waals surface area contributed by atoms with E-state index in [1.165, 1.54) is 20.4 Å². The fourth-order valence-electron chi connectivity index (χ4n) is 1.73. The number of nitrogens with one attached hydrogen (secondary N) is 1. The van der Waals surface area contributed by atoms with E-state index in [9.17, 15) is 9.59 Å². The molecule has 0 saturated heterocycles. The van der Waals surface area contributed by atoms with Crippen molar-refractivity contribution in [3.05, 3.63) is 11.9 Å². The number of hydrogen-bond acceptors (Lipinski definition) is 5. The van der Waals surface area contributed by atoms with Crippen LogP contribution in [0.25, 0.3) is 0 Å². The van der Waals surface area contributed by atoms with Crippen molar-refractivity contribution in [1.29, 1.82) is 0 Å². The maximum Gasteiger partial charge on any atom is 0.418 e. The van der Waals surface area contributed by atoms with Crippen LogP contribution < -0.4 is 5.32 Å². The first-order chi connectivity index (χ1) is 9.67. The number of ether oxygens (including phenoxy) is 2. The van der Waals surface area contributed by atoms with E-state index in [-0.39, 0.29) is 29.4 Å². The minimum atomic E-state index is -1.26. The third kappa shape index (κ3) is 4.83. The number of imidazole rings is 1. The normalized spacial score (nSPS) is 11.7. The lowest BCUT2D eigenvalue weighted by Crippen LogP contribution is -2.22. The topological polar surface area (TPSA) is 103 Å². The van der Waals surface area contributed by atoms with Crippen LogP contribution in [0.15, 0.2) is 6.20 Å². The van der Waals surface area contributed by atoms with Crippen LogP contribution in [-0.4, -0.2) is 40.9 Å². The lowest BCUT2D eigenvalue weighted by atomic mass is 9.92. The molecule has 0 fully saturated rings. The highest BCUT2D eigenvalue weighted by atomic mass is 16.7. The number of methoxy groups -OCH3 is 2. The lowest BCUT2D eigenvalue weighted by molar-refractivity contribution is -0.117. The average Bonchev–Trinajstić information content (AvgIpc) is 2.72. The summed E-state index contributed by atoms with van der Waals surface area (Å²) >= 11 is 0. The van der Waals surface area contributed by atoms with Gasteiger partial charge in [-0.1, -0.05) is 20.8 Å². The van der Waals surface area contributed by atoms with Crippen LogP contribution in [0.1, 0.15) is 39.2 Å². The van der Waals surface area contributed by atoms with Crippen LogP contribution in [0.5, 0.6) is 0 Å². The van der Waals surface area contributed by atoms with Crippen molar-refractivity contribution in [2.24, 2.45) is 5.41 Å². The van der Waals surface area contributed by atoms with Gasteiger partial charge in [0.05, 0.1) is 0 Å². The first-order valence-corrected chi connectivity index (χ1v) is 6.36. The van der Waals surface area contributed by atoms with Crippen molar-refractivity contribution in [3.63, 3.8) is 0 Å². The number of rotatable bonds is 5. The number of carboxylic acid groups (broad SMARTS) is 1. The predicted molar refractivity (Wildman–Crippen MR) is 75.1 cm³/mol. The molecule has 0 radical (unpaired) electrons. The highest BCUT2D eigenvalue weighted by Crippen LogP contribution is 2.22. The van der Waals surface area contributed by atoms with Crippen LogP contribution >= 0.6 is 0 Å². The SMILES string of the molecule is COC(OC)c1cn(C(=O)O)c(NC(=O)CC(C)(C)C)n1. The summed E-state index contributed by atoms with van der Waals surface area (Å²) in [5.41, 5.74) is 0.0447. The maximum absolute atomic E-state index is 11.9. The quantitative estimate of drug-likeness (QED) is 0.807. The summed E-state index contributed by atoms with van der Waals surface area (Å²) in [7, 11) is 2.82. The largest absolute Gasteiger partial charge is 0.464 e. The molecule has 1 aromatic rings. The van der Waals surface area contributed by atoms with Gasteiger partial charge in [-0.15, -0.1) is 0 Å². The van der Waals surface area contributed by atoms with Crippen LogP contribution in [0.3, 0.4) is 0 Å². The molecule has 0 aliphatic carbocycles. The Morgan fingerprint density at radius 2 is 1.95 bits per heavy atom. The molecule has 21 heavy (non-hydrogen) atoms. The van der Waals surface area contributed by atoms with Gasteiger partial charge in [0.15, 0.2) is 0 Å². The summed E-state index contributed by atoms with van der Waals surface area (Å²) in [5, 5.41) is 11.6. The van der Waals surface area contributed by atoms with Gasteiger partial charge in [0.2, 0.25) is 18.1 Å². The number of nitrogens with zero attached hydrogens (tertiary/aromatic N) is 2. The minimum Gasteiger partial charge on any atom is -0.464 e. The molecule has 0 aliphatic rings. The molecule has 0 spiro atoms. The average molecular weight is 299 g/mol. The zero-order valence-corrected chi connectivity index (χ0v) is 12.8. The van der Waals surface area contributed by atoms with Gasteiger partial charge < -0.3 is 14.6 Å². The number of aromatic nitrogens is 2. The Labute approximate surface area is 123 Å². The fourth-order valence-corrected chi connectivity index (χ4v) is 1.73. The smallest absolute Gasteiger partial charge is 0.418 e. The van der Waals surface area contributed by atoms with Gasteiger partial charge in [-0.05, 0) is 5.41 Å². The van der Waals surface area contributed by atoms with Crippen LogP contribution in [0.4, 0.5) is 10.7 Å². The van der Waals surface area contributed by atoms with E-state index in [2.05, 4.69) is 10.3 Å². The number of hydrogen-bond donors (Lipinski definition) is 2. The lowest BCUT2D eigenvalue weighted by Gasteiger charge is -2.16. The predicted octanol–water partition coefficient (Wildman–Crippen LogP) is 2.08. The van der Waals surface area contributed by atoms with E-state index in [1.807, 2.05) is 20.8 Å². The van der Waals surface area contributed by atoms with E-state index >= 15 is 0 Å². The number of anilines is 1. The second-order valence-corrected chi connectivity index (χ2v) is 5.73. The van der Waals surface area contributed by atoms with Gasteiger partial charge in [0.25, 0.3) is 0 Å². The molecular weight excluding hydrogens is 278 g/mol. The van der Waals surface area contributed by atoms with Gasteiger partial charge in [-0.2, -0.15) is 0 Å². The molecule has 0 saturated carbocycles. The molecule has 0 aromatic carbocycles. The third-order valence-electron chi connectivity index (χ3n) is 2.54. The number of amides is 1. The summed E-state index contributed by atoms with van der Waals surface area (Å²) in [6.45, 7) is 5.73. The first-order valence-electron chi connectivity index (χ1n) is 6.36. The molecule has 1 amide bonds.